The first-order chi connectivity index (χ1) is 11.8. The zero-order valence-corrected chi connectivity index (χ0v) is 13.7. The van der Waals surface area contributed by atoms with Crippen LogP contribution >= 0.6 is 0 Å². The van der Waals surface area contributed by atoms with Gasteiger partial charge in [-0.3, -0.25) is 0 Å². The monoisotopic (exact) mass is 319 g/mol. The highest BCUT2D eigenvalue weighted by Crippen LogP contribution is 2.49. The molecule has 0 radical (unpaired) electrons. The summed E-state index contributed by atoms with van der Waals surface area (Å²) < 4.78 is 5.14. The normalized spacial score (nSPS) is 24.0. The number of rotatable bonds is 3. The molecule has 0 bridgehead atoms. The minimum atomic E-state index is -0.246. The van der Waals surface area contributed by atoms with Gasteiger partial charge in [-0.15, -0.1) is 0 Å². The molecule has 122 valence electrons. The molecule has 0 aromatic heterocycles. The highest BCUT2D eigenvalue weighted by molar-refractivity contribution is 5.90. The standard InChI is InChI=1S/C21H21NO2/c1-2-24-21(23)15-11-12-19-18(13-15)16-9-6-10-17(16)20(22-19)14-7-4-3-5-8-14/h3-9,11-13,16-17,20,22H,2,10H2,1H3/t16-,17-,20+/m1/s1. The molecule has 4 rings (SSSR count). The van der Waals surface area contributed by atoms with Crippen molar-refractivity contribution in [1.82, 2.24) is 0 Å². The zero-order chi connectivity index (χ0) is 16.5. The van der Waals surface area contributed by atoms with Gasteiger partial charge in [-0.05, 0) is 48.6 Å². The Morgan fingerprint density at radius 2 is 2.04 bits per heavy atom. The number of benzene rings is 2. The van der Waals surface area contributed by atoms with E-state index in [1.165, 1.54) is 11.1 Å². The first-order valence-electron chi connectivity index (χ1n) is 8.57. The fourth-order valence-corrected chi connectivity index (χ4v) is 3.93. The van der Waals surface area contributed by atoms with Gasteiger partial charge in [-0.25, -0.2) is 4.79 Å². The van der Waals surface area contributed by atoms with Crippen LogP contribution in [0.4, 0.5) is 5.69 Å². The van der Waals surface area contributed by atoms with Gasteiger partial charge in [0.25, 0.3) is 0 Å². The summed E-state index contributed by atoms with van der Waals surface area (Å²) in [7, 11) is 0. The molecule has 0 unspecified atom stereocenters. The Hall–Kier alpha value is -2.55. The molecule has 0 saturated carbocycles. The Morgan fingerprint density at radius 3 is 2.83 bits per heavy atom. The van der Waals surface area contributed by atoms with E-state index in [-0.39, 0.29) is 5.97 Å². The van der Waals surface area contributed by atoms with E-state index in [4.69, 9.17) is 4.74 Å². The van der Waals surface area contributed by atoms with Crippen LogP contribution in [0.25, 0.3) is 0 Å². The molecule has 0 amide bonds. The minimum Gasteiger partial charge on any atom is -0.462 e. The van der Waals surface area contributed by atoms with Gasteiger partial charge in [0.15, 0.2) is 0 Å². The Bertz CT molecular complexity index is 782. The largest absolute Gasteiger partial charge is 0.462 e. The van der Waals surface area contributed by atoms with Crippen LogP contribution in [-0.4, -0.2) is 12.6 Å². The average molecular weight is 319 g/mol. The topological polar surface area (TPSA) is 38.3 Å². The van der Waals surface area contributed by atoms with Crippen LogP contribution in [0.1, 0.15) is 46.8 Å². The first kappa shape index (κ1) is 15.0. The first-order valence-corrected chi connectivity index (χ1v) is 8.57. The second-order valence-corrected chi connectivity index (χ2v) is 6.41. The Morgan fingerprint density at radius 1 is 1.21 bits per heavy atom. The highest BCUT2D eigenvalue weighted by Gasteiger charge is 2.38. The lowest BCUT2D eigenvalue weighted by atomic mass is 9.76. The van der Waals surface area contributed by atoms with Crippen molar-refractivity contribution in [2.75, 3.05) is 11.9 Å². The molecule has 24 heavy (non-hydrogen) atoms. The van der Waals surface area contributed by atoms with E-state index < -0.39 is 0 Å². The van der Waals surface area contributed by atoms with Crippen LogP contribution in [0, 0.1) is 5.92 Å². The summed E-state index contributed by atoms with van der Waals surface area (Å²) in [5.41, 5.74) is 4.27. The van der Waals surface area contributed by atoms with E-state index in [9.17, 15) is 4.79 Å². The Balaban J connectivity index is 1.72. The summed E-state index contributed by atoms with van der Waals surface area (Å²) in [4.78, 5) is 12.0. The number of carbonyl (C=O) groups is 1. The van der Waals surface area contributed by atoms with Crippen molar-refractivity contribution in [3.05, 3.63) is 77.4 Å². The maximum absolute atomic E-state index is 12.0. The SMILES string of the molecule is CCOC(=O)c1ccc2c(c1)[C@@H]1C=CC[C@H]1[C@H](c1ccccc1)N2. The predicted octanol–water partition coefficient (Wildman–Crippen LogP) is 4.69. The number of nitrogens with one attached hydrogen (secondary N) is 1. The summed E-state index contributed by atoms with van der Waals surface area (Å²) in [6.07, 6.45) is 5.61. The lowest BCUT2D eigenvalue weighted by Gasteiger charge is -2.37. The molecule has 1 N–H and O–H groups in total. The molecule has 1 aliphatic heterocycles. The molecular weight excluding hydrogens is 298 g/mol. The van der Waals surface area contributed by atoms with E-state index in [1.807, 2.05) is 25.1 Å². The second kappa shape index (κ2) is 6.16. The lowest BCUT2D eigenvalue weighted by molar-refractivity contribution is 0.0526. The van der Waals surface area contributed by atoms with Gasteiger partial charge in [-0.1, -0.05) is 42.5 Å². The molecule has 2 aromatic carbocycles. The van der Waals surface area contributed by atoms with Gasteiger partial charge < -0.3 is 10.1 Å². The van der Waals surface area contributed by atoms with Crippen LogP contribution in [0.3, 0.4) is 0 Å². The van der Waals surface area contributed by atoms with Crippen molar-refractivity contribution >= 4 is 11.7 Å². The van der Waals surface area contributed by atoms with Gasteiger partial charge in [0.2, 0.25) is 0 Å². The number of ether oxygens (including phenoxy) is 1. The van der Waals surface area contributed by atoms with Crippen molar-refractivity contribution in [3.8, 4) is 0 Å². The number of hydrogen-bond donors (Lipinski definition) is 1. The third-order valence-electron chi connectivity index (χ3n) is 5.03. The molecule has 0 saturated heterocycles. The molecule has 3 nitrogen and oxygen atoms in total. The van der Waals surface area contributed by atoms with Gasteiger partial charge >= 0.3 is 5.97 Å². The van der Waals surface area contributed by atoms with Crippen molar-refractivity contribution in [2.24, 2.45) is 5.92 Å². The molecule has 0 spiro atoms. The average Bonchev–Trinajstić information content (AvgIpc) is 3.11. The third kappa shape index (κ3) is 2.50. The summed E-state index contributed by atoms with van der Waals surface area (Å²) >= 11 is 0. The minimum absolute atomic E-state index is 0.246. The third-order valence-corrected chi connectivity index (χ3v) is 5.03. The van der Waals surface area contributed by atoms with Gasteiger partial charge in [0.05, 0.1) is 18.2 Å². The van der Waals surface area contributed by atoms with Crippen molar-refractivity contribution in [2.45, 2.75) is 25.3 Å². The van der Waals surface area contributed by atoms with Crippen molar-refractivity contribution in [1.29, 1.82) is 0 Å². The van der Waals surface area contributed by atoms with Crippen molar-refractivity contribution < 1.29 is 9.53 Å². The van der Waals surface area contributed by atoms with E-state index in [1.54, 1.807) is 0 Å². The number of carbonyl (C=O) groups excluding carboxylic acids is 1. The lowest BCUT2D eigenvalue weighted by Crippen LogP contribution is -2.29. The number of anilines is 1. The van der Waals surface area contributed by atoms with E-state index >= 15 is 0 Å². The van der Waals surface area contributed by atoms with E-state index in [0.717, 1.165) is 12.1 Å². The maximum Gasteiger partial charge on any atom is 0.338 e. The highest BCUT2D eigenvalue weighted by atomic mass is 16.5. The fourth-order valence-electron chi connectivity index (χ4n) is 3.93. The fraction of sp³-hybridized carbons (Fsp3) is 0.286. The summed E-state index contributed by atoms with van der Waals surface area (Å²) in [5.74, 6) is 0.585. The Labute approximate surface area is 142 Å². The van der Waals surface area contributed by atoms with Gasteiger partial charge in [-0.2, -0.15) is 0 Å². The molecular formula is C21H21NO2. The molecule has 1 heterocycles. The maximum atomic E-state index is 12.0. The summed E-state index contributed by atoms with van der Waals surface area (Å²) in [6.45, 7) is 2.23. The molecule has 2 aromatic rings. The van der Waals surface area contributed by atoms with Crippen molar-refractivity contribution in [3.63, 3.8) is 0 Å². The van der Waals surface area contributed by atoms with E-state index in [0.29, 0.717) is 30.0 Å². The van der Waals surface area contributed by atoms with E-state index in [2.05, 4.69) is 47.8 Å². The molecule has 3 atom stereocenters. The van der Waals surface area contributed by atoms with Crippen LogP contribution in [0.15, 0.2) is 60.7 Å². The number of hydrogen-bond acceptors (Lipinski definition) is 3. The van der Waals surface area contributed by atoms with Crippen LogP contribution < -0.4 is 5.32 Å². The van der Waals surface area contributed by atoms with Gasteiger partial charge in [0, 0.05) is 11.6 Å². The predicted molar refractivity (Wildman–Crippen MR) is 95.2 cm³/mol. The summed E-state index contributed by atoms with van der Waals surface area (Å²) in [6, 6.07) is 16.8. The molecule has 3 heteroatoms. The number of allylic oxidation sites excluding steroid dienone is 2. The van der Waals surface area contributed by atoms with Crippen LogP contribution in [0.2, 0.25) is 0 Å². The Kier molecular flexibility index (Phi) is 3.85. The smallest absolute Gasteiger partial charge is 0.338 e. The molecule has 2 aliphatic rings. The number of fused-ring (bicyclic) bond motifs is 3. The van der Waals surface area contributed by atoms with Gasteiger partial charge in [0.1, 0.15) is 0 Å². The molecule has 0 fully saturated rings. The number of esters is 1. The van der Waals surface area contributed by atoms with Crippen LogP contribution in [0.5, 0.6) is 0 Å². The quantitative estimate of drug-likeness (QED) is 0.659. The van der Waals surface area contributed by atoms with Crippen LogP contribution in [-0.2, 0) is 4.74 Å². The zero-order valence-electron chi connectivity index (χ0n) is 13.7. The molecule has 1 aliphatic carbocycles. The second-order valence-electron chi connectivity index (χ2n) is 6.41. The summed E-state index contributed by atoms with van der Waals surface area (Å²) in [5, 5.41) is 3.69.